The van der Waals surface area contributed by atoms with E-state index in [4.69, 9.17) is 11.5 Å². The number of nitrogens with two attached hydrogens (primary N) is 2. The number of hydrogen-bond donors (Lipinski definition) is 8. The van der Waals surface area contributed by atoms with Crippen LogP contribution in [-0.2, 0) is 30.4 Å². The molecule has 2 aromatic rings. The molecule has 1 heterocycles. The summed E-state index contributed by atoms with van der Waals surface area (Å²) in [7, 11) is 0. The number of aromatic nitrogens is 1. The summed E-state index contributed by atoms with van der Waals surface area (Å²) in [6.07, 6.45) is -0.0786. The molecule has 0 aliphatic carbocycles. The maximum absolute atomic E-state index is 12.9. The number of nitrogens with one attached hydrogen (secondary N) is 4. The number of H-pyrrole nitrogens is 1. The van der Waals surface area contributed by atoms with Gasteiger partial charge in [-0.1, -0.05) is 32.0 Å². The van der Waals surface area contributed by atoms with Gasteiger partial charge < -0.3 is 42.6 Å². The van der Waals surface area contributed by atoms with Crippen LogP contribution in [0, 0.1) is 5.92 Å². The second-order valence-corrected chi connectivity index (χ2v) is 9.20. The lowest BCUT2D eigenvalue weighted by Crippen LogP contribution is -2.61. The lowest BCUT2D eigenvalue weighted by molar-refractivity contribution is -0.144. The molecule has 4 amide bonds. The van der Waals surface area contributed by atoms with Gasteiger partial charge in [0.25, 0.3) is 0 Å². The van der Waals surface area contributed by atoms with Gasteiger partial charge in [0.1, 0.15) is 18.1 Å². The highest BCUT2D eigenvalue weighted by Gasteiger charge is 2.34. The number of carboxylic acids is 1. The van der Waals surface area contributed by atoms with Gasteiger partial charge in [-0.2, -0.15) is 0 Å². The zero-order valence-electron chi connectivity index (χ0n) is 20.9. The van der Waals surface area contributed by atoms with Crippen molar-refractivity contribution < 1.29 is 34.2 Å². The molecule has 1 aromatic carbocycles. The zero-order chi connectivity index (χ0) is 27.9. The van der Waals surface area contributed by atoms with Crippen molar-refractivity contribution in [3.8, 4) is 0 Å². The molecule has 0 aliphatic rings. The number of aliphatic carboxylic acids is 1. The fraction of sp³-hybridized carbons (Fsp3) is 0.458. The second-order valence-electron chi connectivity index (χ2n) is 9.20. The SMILES string of the molecule is CC(C)C(NC(=O)C(NC(=O)C(N)Cc1c[nH]c2ccccc12)C(C)O)C(=O)NC(CC(N)=O)C(=O)O. The number of benzene rings is 1. The first-order valence-electron chi connectivity index (χ1n) is 11.7. The van der Waals surface area contributed by atoms with Gasteiger partial charge in [-0.3, -0.25) is 19.2 Å². The van der Waals surface area contributed by atoms with E-state index < -0.39 is 72.2 Å². The van der Waals surface area contributed by atoms with Gasteiger partial charge in [-0.25, -0.2) is 4.79 Å². The van der Waals surface area contributed by atoms with Gasteiger partial charge >= 0.3 is 5.97 Å². The van der Waals surface area contributed by atoms with Crippen molar-refractivity contribution in [2.24, 2.45) is 17.4 Å². The molecule has 0 radical (unpaired) electrons. The Labute approximate surface area is 213 Å². The number of primary amides is 1. The minimum absolute atomic E-state index is 0.164. The van der Waals surface area contributed by atoms with Crippen LogP contribution < -0.4 is 27.4 Å². The Balaban J connectivity index is 2.09. The van der Waals surface area contributed by atoms with Crippen LogP contribution in [-0.4, -0.2) is 75.1 Å². The minimum Gasteiger partial charge on any atom is -0.480 e. The van der Waals surface area contributed by atoms with Gasteiger partial charge in [0.2, 0.25) is 23.6 Å². The van der Waals surface area contributed by atoms with E-state index in [2.05, 4.69) is 20.9 Å². The first kappa shape index (κ1) is 29.3. The molecule has 0 aliphatic heterocycles. The predicted octanol–water partition coefficient (Wildman–Crippen LogP) is -1.51. The summed E-state index contributed by atoms with van der Waals surface area (Å²) in [6, 6.07) is 2.18. The summed E-state index contributed by atoms with van der Waals surface area (Å²) in [6.45, 7) is 4.48. The molecule has 10 N–H and O–H groups in total. The van der Waals surface area contributed by atoms with Crippen molar-refractivity contribution in [1.82, 2.24) is 20.9 Å². The molecule has 13 heteroatoms. The van der Waals surface area contributed by atoms with Crippen LogP contribution in [0.3, 0.4) is 0 Å². The molecule has 0 spiro atoms. The Kier molecular flexibility index (Phi) is 10.1. The predicted molar refractivity (Wildman–Crippen MR) is 134 cm³/mol. The number of carbonyl (C=O) groups excluding carboxylic acids is 4. The van der Waals surface area contributed by atoms with E-state index in [1.807, 2.05) is 24.3 Å². The number of fused-ring (bicyclic) bond motifs is 1. The molecule has 13 nitrogen and oxygen atoms in total. The van der Waals surface area contributed by atoms with Crippen LogP contribution >= 0.6 is 0 Å². The van der Waals surface area contributed by atoms with E-state index >= 15 is 0 Å². The maximum Gasteiger partial charge on any atom is 0.326 e. The van der Waals surface area contributed by atoms with Gasteiger partial charge in [-0.05, 0) is 30.9 Å². The highest BCUT2D eigenvalue weighted by molar-refractivity contribution is 5.95. The van der Waals surface area contributed by atoms with Gasteiger partial charge in [0, 0.05) is 17.1 Å². The zero-order valence-corrected chi connectivity index (χ0v) is 20.9. The molecule has 0 fully saturated rings. The number of aliphatic hydroxyl groups is 1. The molecule has 37 heavy (non-hydrogen) atoms. The van der Waals surface area contributed by atoms with Crippen molar-refractivity contribution in [3.63, 3.8) is 0 Å². The maximum atomic E-state index is 12.9. The summed E-state index contributed by atoms with van der Waals surface area (Å²) in [5.74, 6) is -5.36. The average molecular weight is 519 g/mol. The largest absolute Gasteiger partial charge is 0.480 e. The van der Waals surface area contributed by atoms with Crippen LogP contribution in [0.5, 0.6) is 0 Å². The highest BCUT2D eigenvalue weighted by Crippen LogP contribution is 2.18. The Morgan fingerprint density at radius 2 is 1.54 bits per heavy atom. The Bertz CT molecular complexity index is 1150. The number of rotatable bonds is 13. The van der Waals surface area contributed by atoms with E-state index in [-0.39, 0.29) is 6.42 Å². The third-order valence-corrected chi connectivity index (χ3v) is 5.78. The van der Waals surface area contributed by atoms with Gasteiger partial charge in [0.15, 0.2) is 0 Å². The first-order valence-corrected chi connectivity index (χ1v) is 11.7. The van der Waals surface area contributed by atoms with Crippen LogP contribution in [0.1, 0.15) is 32.8 Å². The minimum atomic E-state index is -1.59. The fourth-order valence-corrected chi connectivity index (χ4v) is 3.74. The van der Waals surface area contributed by atoms with Crippen molar-refractivity contribution in [2.45, 2.75) is 63.9 Å². The van der Waals surface area contributed by atoms with Gasteiger partial charge in [-0.15, -0.1) is 0 Å². The Morgan fingerprint density at radius 1 is 0.946 bits per heavy atom. The van der Waals surface area contributed by atoms with Crippen LogP contribution in [0.4, 0.5) is 0 Å². The van der Waals surface area contributed by atoms with Crippen molar-refractivity contribution >= 4 is 40.5 Å². The first-order chi connectivity index (χ1) is 17.3. The summed E-state index contributed by atoms with van der Waals surface area (Å²) >= 11 is 0. The standard InChI is InChI=1S/C24H34N6O7/c1-11(2)19(22(34)28-17(24(36)37)9-18(26)32)29-23(35)20(12(3)31)30-21(33)15(25)8-13-10-27-16-7-5-4-6-14(13)16/h4-7,10-12,15,17,19-20,27,31H,8-9,25H2,1-3H3,(H2,26,32)(H,28,34)(H,29,35)(H,30,33)(H,36,37). The lowest BCUT2D eigenvalue weighted by Gasteiger charge is -2.28. The number of aliphatic hydroxyl groups excluding tert-OH is 1. The van der Waals surface area contributed by atoms with E-state index in [1.54, 1.807) is 20.0 Å². The average Bonchev–Trinajstić information content (AvgIpc) is 3.22. The molecule has 5 atom stereocenters. The third-order valence-electron chi connectivity index (χ3n) is 5.78. The van der Waals surface area contributed by atoms with Crippen LogP contribution in [0.2, 0.25) is 0 Å². The molecule has 2 rings (SSSR count). The van der Waals surface area contributed by atoms with Crippen LogP contribution in [0.25, 0.3) is 10.9 Å². The number of carbonyl (C=O) groups is 5. The molecule has 1 aromatic heterocycles. The third kappa shape index (κ3) is 8.02. The topological polar surface area (TPSA) is 230 Å². The normalized spacial score (nSPS) is 15.3. The Hall–Kier alpha value is -3.97. The molecular weight excluding hydrogens is 484 g/mol. The monoisotopic (exact) mass is 518 g/mol. The van der Waals surface area contributed by atoms with E-state index in [9.17, 15) is 34.2 Å². The lowest BCUT2D eigenvalue weighted by atomic mass is 10.0. The smallest absolute Gasteiger partial charge is 0.326 e. The quantitative estimate of drug-likeness (QED) is 0.155. The summed E-state index contributed by atoms with van der Waals surface area (Å²) in [5.41, 5.74) is 12.8. The van der Waals surface area contributed by atoms with E-state index in [1.165, 1.54) is 6.92 Å². The van der Waals surface area contributed by atoms with Crippen LogP contribution in [0.15, 0.2) is 30.5 Å². The number of carboxylic acid groups (broad SMARTS) is 1. The number of hydrogen-bond acceptors (Lipinski definition) is 7. The number of amides is 4. The second kappa shape index (κ2) is 12.8. The van der Waals surface area contributed by atoms with E-state index in [0.29, 0.717) is 0 Å². The molecular formula is C24H34N6O7. The molecule has 0 saturated heterocycles. The molecule has 0 saturated carbocycles. The molecule has 5 unspecified atom stereocenters. The van der Waals surface area contributed by atoms with Crippen molar-refractivity contribution in [3.05, 3.63) is 36.0 Å². The molecule has 202 valence electrons. The highest BCUT2D eigenvalue weighted by atomic mass is 16.4. The summed E-state index contributed by atoms with van der Waals surface area (Å²) in [5, 5.41) is 27.3. The fourth-order valence-electron chi connectivity index (χ4n) is 3.74. The van der Waals surface area contributed by atoms with Gasteiger partial charge in [0.05, 0.1) is 18.6 Å². The Morgan fingerprint density at radius 3 is 2.11 bits per heavy atom. The van der Waals surface area contributed by atoms with Crippen molar-refractivity contribution in [2.75, 3.05) is 0 Å². The summed E-state index contributed by atoms with van der Waals surface area (Å²) < 4.78 is 0. The summed E-state index contributed by atoms with van der Waals surface area (Å²) in [4.78, 5) is 64.0. The molecule has 0 bridgehead atoms. The van der Waals surface area contributed by atoms with Crippen molar-refractivity contribution in [1.29, 1.82) is 0 Å². The van der Waals surface area contributed by atoms with E-state index in [0.717, 1.165) is 16.5 Å². The number of para-hydroxylation sites is 1. The number of aromatic amines is 1.